The minimum absolute atomic E-state index is 0. The third kappa shape index (κ3) is 1.02. The molecular formula is C17H17N. The average molecular weight is 235 g/mol. The van der Waals surface area contributed by atoms with Crippen molar-refractivity contribution in [3.05, 3.63) is 59.8 Å². The zero-order valence-corrected chi connectivity index (χ0v) is 10.6. The quantitative estimate of drug-likeness (QED) is 0.580. The van der Waals surface area contributed by atoms with Gasteiger partial charge in [0.15, 0.2) is 0 Å². The zero-order valence-electron chi connectivity index (χ0n) is 10.6. The monoisotopic (exact) mass is 235 g/mol. The van der Waals surface area contributed by atoms with E-state index in [4.69, 9.17) is 0 Å². The van der Waals surface area contributed by atoms with Crippen LogP contribution in [0.25, 0.3) is 22.0 Å². The van der Waals surface area contributed by atoms with Gasteiger partial charge in [0.1, 0.15) is 0 Å². The number of fused-ring (bicyclic) bond motifs is 5. The average Bonchev–Trinajstić information content (AvgIpc) is 2.87. The number of aromatic nitrogens is 1. The standard InChI is InChI=1S/C17H15N.H2/c1-17(2)13-9-5-3-7-11(13)15-12-8-4-6-10-14(12)18-16(15)17;/h3-10,18H,1-2H3;1H. The van der Waals surface area contributed by atoms with Gasteiger partial charge in [-0.2, -0.15) is 0 Å². The van der Waals surface area contributed by atoms with Crippen LogP contribution in [0.2, 0.25) is 0 Å². The van der Waals surface area contributed by atoms with Crippen LogP contribution in [-0.4, -0.2) is 4.98 Å². The van der Waals surface area contributed by atoms with E-state index in [-0.39, 0.29) is 6.84 Å². The fourth-order valence-corrected chi connectivity index (χ4v) is 3.27. The first kappa shape index (κ1) is 9.95. The van der Waals surface area contributed by atoms with Crippen molar-refractivity contribution in [3.8, 4) is 11.1 Å². The largest absolute Gasteiger partial charge is 0.357 e. The Bertz CT molecular complexity index is 768. The van der Waals surface area contributed by atoms with Gasteiger partial charge in [0, 0.05) is 29.0 Å². The van der Waals surface area contributed by atoms with E-state index in [1.165, 1.54) is 33.3 Å². The lowest BCUT2D eigenvalue weighted by atomic mass is 9.85. The van der Waals surface area contributed by atoms with Gasteiger partial charge in [0.05, 0.1) is 0 Å². The SMILES string of the molecule is CC1(C)c2ccccc2-c2c1[nH]c1ccccc21.[HH]. The number of H-pyrrole nitrogens is 1. The summed E-state index contributed by atoms with van der Waals surface area (Å²) in [7, 11) is 0. The highest BCUT2D eigenvalue weighted by Gasteiger charge is 2.37. The number of para-hydroxylation sites is 1. The first-order chi connectivity index (χ1) is 8.69. The second-order valence-electron chi connectivity index (χ2n) is 5.59. The maximum atomic E-state index is 3.61. The topological polar surface area (TPSA) is 15.8 Å². The van der Waals surface area contributed by atoms with E-state index in [2.05, 4.69) is 67.4 Å². The van der Waals surface area contributed by atoms with Gasteiger partial charge in [-0.3, -0.25) is 0 Å². The second kappa shape index (κ2) is 3.05. The fourth-order valence-electron chi connectivity index (χ4n) is 3.27. The Morgan fingerprint density at radius 3 is 2.56 bits per heavy atom. The molecule has 0 atom stereocenters. The molecule has 1 aromatic heterocycles. The van der Waals surface area contributed by atoms with Crippen molar-refractivity contribution in [1.29, 1.82) is 0 Å². The lowest BCUT2D eigenvalue weighted by Crippen LogP contribution is -2.15. The maximum absolute atomic E-state index is 3.61. The van der Waals surface area contributed by atoms with Crippen LogP contribution >= 0.6 is 0 Å². The van der Waals surface area contributed by atoms with Crippen LogP contribution < -0.4 is 0 Å². The molecule has 3 aromatic rings. The Balaban J connectivity index is 0.00000110. The predicted molar refractivity (Wildman–Crippen MR) is 78.0 cm³/mol. The Morgan fingerprint density at radius 2 is 1.67 bits per heavy atom. The molecule has 0 bridgehead atoms. The Morgan fingerprint density at radius 1 is 0.944 bits per heavy atom. The number of nitrogens with one attached hydrogen (secondary N) is 1. The van der Waals surface area contributed by atoms with E-state index in [1.54, 1.807) is 0 Å². The van der Waals surface area contributed by atoms with Crippen molar-refractivity contribution in [2.45, 2.75) is 19.3 Å². The maximum Gasteiger partial charge on any atom is 0.0462 e. The molecule has 0 saturated heterocycles. The highest BCUT2D eigenvalue weighted by molar-refractivity contribution is 6.01. The molecule has 0 amide bonds. The fraction of sp³-hybridized carbons (Fsp3) is 0.176. The first-order valence-electron chi connectivity index (χ1n) is 6.40. The third-order valence-electron chi connectivity index (χ3n) is 4.20. The molecule has 90 valence electrons. The van der Waals surface area contributed by atoms with Crippen LogP contribution in [0.5, 0.6) is 0 Å². The molecule has 0 spiro atoms. The molecule has 0 fully saturated rings. The molecule has 0 radical (unpaired) electrons. The Kier molecular flexibility index (Phi) is 1.69. The van der Waals surface area contributed by atoms with Gasteiger partial charge in [0.25, 0.3) is 0 Å². The summed E-state index contributed by atoms with van der Waals surface area (Å²) in [4.78, 5) is 3.61. The smallest absolute Gasteiger partial charge is 0.0462 e. The second-order valence-corrected chi connectivity index (χ2v) is 5.59. The van der Waals surface area contributed by atoms with Crippen molar-refractivity contribution >= 4 is 10.9 Å². The molecule has 18 heavy (non-hydrogen) atoms. The predicted octanol–water partition coefficient (Wildman–Crippen LogP) is 4.72. The van der Waals surface area contributed by atoms with Crippen LogP contribution in [0.15, 0.2) is 48.5 Å². The number of benzene rings is 2. The lowest BCUT2D eigenvalue weighted by Gasteiger charge is -2.19. The molecule has 1 N–H and O–H groups in total. The van der Waals surface area contributed by atoms with Crippen LogP contribution in [0.3, 0.4) is 0 Å². The molecule has 0 saturated carbocycles. The van der Waals surface area contributed by atoms with Crippen LogP contribution in [0.4, 0.5) is 0 Å². The molecule has 1 nitrogen and oxygen atoms in total. The Labute approximate surface area is 108 Å². The summed E-state index contributed by atoms with van der Waals surface area (Å²) < 4.78 is 0. The highest BCUT2D eigenvalue weighted by Crippen LogP contribution is 2.50. The zero-order chi connectivity index (χ0) is 12.3. The molecular weight excluding hydrogens is 218 g/mol. The van der Waals surface area contributed by atoms with Crippen LogP contribution in [0, 0.1) is 0 Å². The molecule has 1 aliphatic carbocycles. The summed E-state index contributed by atoms with van der Waals surface area (Å²) in [6.07, 6.45) is 0. The summed E-state index contributed by atoms with van der Waals surface area (Å²) in [5.41, 5.74) is 6.87. The molecule has 4 rings (SSSR count). The minimum Gasteiger partial charge on any atom is -0.357 e. The van der Waals surface area contributed by atoms with Gasteiger partial charge in [-0.05, 0) is 17.2 Å². The molecule has 1 aliphatic rings. The van der Waals surface area contributed by atoms with E-state index in [0.29, 0.717) is 0 Å². The van der Waals surface area contributed by atoms with E-state index < -0.39 is 0 Å². The van der Waals surface area contributed by atoms with Crippen LogP contribution in [0.1, 0.15) is 26.5 Å². The summed E-state index contributed by atoms with van der Waals surface area (Å²) >= 11 is 0. The summed E-state index contributed by atoms with van der Waals surface area (Å²) in [5, 5.41) is 1.34. The summed E-state index contributed by atoms with van der Waals surface area (Å²) in [6, 6.07) is 17.3. The van der Waals surface area contributed by atoms with E-state index in [0.717, 1.165) is 0 Å². The van der Waals surface area contributed by atoms with E-state index in [1.807, 2.05) is 0 Å². The van der Waals surface area contributed by atoms with Crippen molar-refractivity contribution in [2.75, 3.05) is 0 Å². The molecule has 1 heteroatoms. The van der Waals surface area contributed by atoms with Crippen molar-refractivity contribution in [2.24, 2.45) is 0 Å². The van der Waals surface area contributed by atoms with Crippen molar-refractivity contribution < 1.29 is 1.43 Å². The van der Waals surface area contributed by atoms with Gasteiger partial charge >= 0.3 is 0 Å². The van der Waals surface area contributed by atoms with E-state index >= 15 is 0 Å². The number of aromatic amines is 1. The van der Waals surface area contributed by atoms with Gasteiger partial charge in [-0.15, -0.1) is 0 Å². The molecule has 1 heterocycles. The van der Waals surface area contributed by atoms with E-state index in [9.17, 15) is 0 Å². The first-order valence-corrected chi connectivity index (χ1v) is 6.40. The van der Waals surface area contributed by atoms with Crippen molar-refractivity contribution in [3.63, 3.8) is 0 Å². The number of hydrogen-bond donors (Lipinski definition) is 1. The van der Waals surface area contributed by atoms with Gasteiger partial charge in [-0.1, -0.05) is 56.3 Å². The number of rotatable bonds is 0. The minimum atomic E-state index is 0. The van der Waals surface area contributed by atoms with Crippen molar-refractivity contribution in [1.82, 2.24) is 4.98 Å². The molecule has 2 aromatic carbocycles. The van der Waals surface area contributed by atoms with Gasteiger partial charge in [0.2, 0.25) is 0 Å². The molecule has 0 aliphatic heterocycles. The lowest BCUT2D eigenvalue weighted by molar-refractivity contribution is 0.642. The summed E-state index contributed by atoms with van der Waals surface area (Å²) in [6.45, 7) is 4.60. The highest BCUT2D eigenvalue weighted by atomic mass is 14.8. The normalized spacial score (nSPS) is 15.7. The Hall–Kier alpha value is -2.02. The third-order valence-corrected chi connectivity index (χ3v) is 4.20. The van der Waals surface area contributed by atoms with Gasteiger partial charge in [-0.25, -0.2) is 0 Å². The van der Waals surface area contributed by atoms with Gasteiger partial charge < -0.3 is 4.98 Å². The molecule has 0 unspecified atom stereocenters. The summed E-state index contributed by atoms with van der Waals surface area (Å²) in [5.74, 6) is 0. The number of hydrogen-bond acceptors (Lipinski definition) is 0. The van der Waals surface area contributed by atoms with Crippen LogP contribution in [-0.2, 0) is 5.41 Å².